The molecular formula is C5H14N6Na2O4+2. The van der Waals surface area contributed by atoms with Crippen LogP contribution in [0.3, 0.4) is 0 Å². The third kappa shape index (κ3) is 9.68. The average Bonchev–Trinajstić information content (AvgIpc) is 2.26. The number of rotatable bonds is 6. The maximum atomic E-state index is 10.7. The Labute approximate surface area is 143 Å². The molecule has 0 aliphatic carbocycles. The van der Waals surface area contributed by atoms with Gasteiger partial charge in [0.1, 0.15) is 0 Å². The summed E-state index contributed by atoms with van der Waals surface area (Å²) in [6.45, 7) is 0.578. The summed E-state index contributed by atoms with van der Waals surface area (Å²) in [6.07, 6.45) is 0.454. The zero-order chi connectivity index (χ0) is 11.8. The Bertz CT molecular complexity index is 229. The van der Waals surface area contributed by atoms with Crippen molar-refractivity contribution in [1.29, 1.82) is 0 Å². The van der Waals surface area contributed by atoms with E-state index in [0.717, 1.165) is 10.0 Å². The monoisotopic (exact) mass is 268 g/mol. The first kappa shape index (κ1) is 22.2. The van der Waals surface area contributed by atoms with Crippen LogP contribution >= 0.6 is 0 Å². The van der Waals surface area contributed by atoms with Crippen molar-refractivity contribution in [2.24, 2.45) is 10.6 Å². The molecule has 10 nitrogen and oxygen atoms in total. The molecule has 0 unspecified atom stereocenters. The molecule has 0 saturated heterocycles. The van der Waals surface area contributed by atoms with E-state index in [9.17, 15) is 10.4 Å². The van der Waals surface area contributed by atoms with Gasteiger partial charge in [-0.15, -0.1) is 10.0 Å². The molecule has 0 aliphatic rings. The van der Waals surface area contributed by atoms with Gasteiger partial charge in [0.15, 0.2) is 0 Å². The van der Waals surface area contributed by atoms with Gasteiger partial charge in [0.25, 0.3) is 0 Å². The van der Waals surface area contributed by atoms with Gasteiger partial charge in [-0.25, -0.2) is 0 Å². The van der Waals surface area contributed by atoms with Crippen LogP contribution in [0.15, 0.2) is 10.6 Å². The Morgan fingerprint density at radius 3 is 1.47 bits per heavy atom. The minimum absolute atomic E-state index is 0. The molecule has 0 aromatic carbocycles. The molecule has 0 bridgehead atoms. The van der Waals surface area contributed by atoms with E-state index in [4.69, 9.17) is 10.4 Å². The third-order valence-corrected chi connectivity index (χ3v) is 1.70. The summed E-state index contributed by atoms with van der Waals surface area (Å²) in [5.74, 6) is 0. The van der Waals surface area contributed by atoms with Crippen LogP contribution in [0, 0.1) is 10.4 Å². The maximum absolute atomic E-state index is 10.7. The molecule has 17 heavy (non-hydrogen) atoms. The van der Waals surface area contributed by atoms with Crippen LogP contribution in [-0.4, -0.2) is 57.6 Å². The van der Waals surface area contributed by atoms with Gasteiger partial charge in [0, 0.05) is 0 Å². The van der Waals surface area contributed by atoms with Crippen LogP contribution in [0.2, 0.25) is 0 Å². The molecule has 0 atom stereocenters. The molecule has 12 heteroatoms. The third-order valence-electron chi connectivity index (χ3n) is 1.70. The number of hydrogen-bond donors (Lipinski definition) is 2. The predicted molar refractivity (Wildman–Crippen MR) is 45.6 cm³/mol. The van der Waals surface area contributed by atoms with E-state index in [1.807, 2.05) is 0 Å². The van der Waals surface area contributed by atoms with Gasteiger partial charge in [-0.1, -0.05) is 0 Å². The molecule has 0 rings (SSSR count). The van der Waals surface area contributed by atoms with Crippen LogP contribution in [-0.2, 0) is 0 Å². The molecule has 0 spiro atoms. The van der Waals surface area contributed by atoms with Gasteiger partial charge >= 0.3 is 59.1 Å². The quantitative estimate of drug-likeness (QED) is 0.214. The molecule has 88 valence electrons. The predicted octanol–water partition coefficient (Wildman–Crippen LogP) is -6.22. The van der Waals surface area contributed by atoms with E-state index in [1.165, 1.54) is 14.1 Å². The summed E-state index contributed by atoms with van der Waals surface area (Å²) >= 11 is 0. The smallest absolute Gasteiger partial charge is 0.569 e. The van der Waals surface area contributed by atoms with Gasteiger partial charge in [-0.2, -0.15) is 0 Å². The van der Waals surface area contributed by atoms with E-state index >= 15 is 0 Å². The summed E-state index contributed by atoms with van der Waals surface area (Å²) in [5, 5.41) is 44.6. The van der Waals surface area contributed by atoms with Crippen LogP contribution in [0.25, 0.3) is 0 Å². The molecule has 0 aliphatic heterocycles. The molecule has 0 saturated carbocycles. The SMILES string of the molecule is CN(CCCN(C)[N+]([O-])=NO)[N+]([O-])=NO.[Na+].[Na+]. The van der Waals surface area contributed by atoms with Crippen LogP contribution in [0.4, 0.5) is 0 Å². The van der Waals surface area contributed by atoms with E-state index in [0.29, 0.717) is 6.42 Å². The Kier molecular flexibility index (Phi) is 16.3. The van der Waals surface area contributed by atoms with Crippen LogP contribution < -0.4 is 59.1 Å². The summed E-state index contributed by atoms with van der Waals surface area (Å²) in [6, 6.07) is 0. The summed E-state index contributed by atoms with van der Waals surface area (Å²) in [7, 11) is 2.86. The minimum atomic E-state index is 0. The van der Waals surface area contributed by atoms with Crippen molar-refractivity contribution < 1.29 is 79.5 Å². The average molecular weight is 268 g/mol. The first-order chi connectivity index (χ1) is 7.02. The zero-order valence-electron chi connectivity index (χ0n) is 10.5. The van der Waals surface area contributed by atoms with Gasteiger partial charge < -0.3 is 20.8 Å². The second-order valence-corrected chi connectivity index (χ2v) is 2.80. The van der Waals surface area contributed by atoms with Gasteiger partial charge in [0.2, 0.25) is 10.6 Å². The summed E-state index contributed by atoms with van der Waals surface area (Å²) in [4.78, 5) is 0.0385. The maximum Gasteiger partial charge on any atom is 1.00 e. The van der Waals surface area contributed by atoms with Crippen molar-refractivity contribution in [2.45, 2.75) is 6.42 Å². The largest absolute Gasteiger partial charge is 1.00 e. The van der Waals surface area contributed by atoms with Crippen LogP contribution in [0.5, 0.6) is 0 Å². The Morgan fingerprint density at radius 2 is 1.24 bits per heavy atom. The number of nitrogens with zero attached hydrogens (tertiary/aromatic N) is 6. The van der Waals surface area contributed by atoms with Gasteiger partial charge in [-0.3, -0.25) is 0 Å². The minimum Gasteiger partial charge on any atom is -0.569 e. The topological polar surface area (TPSA) is 124 Å². The van der Waals surface area contributed by atoms with Crippen molar-refractivity contribution in [3.8, 4) is 0 Å². The van der Waals surface area contributed by atoms with E-state index in [-0.39, 0.29) is 82.1 Å². The molecule has 0 amide bonds. The molecule has 0 heterocycles. The molecule has 2 N–H and O–H groups in total. The van der Waals surface area contributed by atoms with E-state index in [2.05, 4.69) is 10.6 Å². The van der Waals surface area contributed by atoms with Gasteiger partial charge in [0.05, 0.1) is 37.1 Å². The summed E-state index contributed by atoms with van der Waals surface area (Å²) in [5.41, 5.74) is 0. The molecule has 0 aromatic heterocycles. The zero-order valence-corrected chi connectivity index (χ0v) is 14.5. The van der Waals surface area contributed by atoms with Crippen molar-refractivity contribution in [3.05, 3.63) is 10.4 Å². The number of hydrazine groups is 2. The normalized spacial score (nSPS) is 11.2. The number of hydrogen-bond acceptors (Lipinski definition) is 4. The van der Waals surface area contributed by atoms with Crippen molar-refractivity contribution >= 4 is 0 Å². The fourth-order valence-corrected chi connectivity index (χ4v) is 0.836. The standard InChI is InChI=1S/C5H14N6O4.2Na/c1-8(10(14)6-12)4-3-5-9(2)11(15)7-13;;/h12-13H,3-5H2,1-2H3;;/q;2*+1. The second-order valence-electron chi connectivity index (χ2n) is 2.80. The first-order valence-electron chi connectivity index (χ1n) is 4.09. The first-order valence-corrected chi connectivity index (χ1v) is 4.09. The summed E-state index contributed by atoms with van der Waals surface area (Å²) < 4.78 is 0. The molecule has 0 fully saturated rings. The van der Waals surface area contributed by atoms with Crippen molar-refractivity contribution in [1.82, 2.24) is 10.0 Å². The Balaban J connectivity index is -0.000000980. The van der Waals surface area contributed by atoms with Crippen molar-refractivity contribution in [2.75, 3.05) is 27.2 Å². The van der Waals surface area contributed by atoms with Crippen molar-refractivity contribution in [3.63, 3.8) is 0 Å². The Morgan fingerprint density at radius 1 is 0.941 bits per heavy atom. The fraction of sp³-hybridized carbons (Fsp3) is 1.00. The Hall–Kier alpha value is 0.000000000000000222. The molecule has 0 radical (unpaired) electrons. The molecule has 0 aromatic rings. The van der Waals surface area contributed by atoms with Gasteiger partial charge in [-0.05, 0) is 6.42 Å². The van der Waals surface area contributed by atoms with E-state index in [1.54, 1.807) is 0 Å². The second kappa shape index (κ2) is 12.5. The van der Waals surface area contributed by atoms with Crippen LogP contribution in [0.1, 0.15) is 6.42 Å². The van der Waals surface area contributed by atoms with E-state index < -0.39 is 0 Å². The fourth-order valence-electron chi connectivity index (χ4n) is 0.836. The molecular weight excluding hydrogens is 254 g/mol.